The zero-order valence-corrected chi connectivity index (χ0v) is 18.2. The van der Waals surface area contributed by atoms with Gasteiger partial charge in [-0.05, 0) is 42.5 Å². The molecule has 31 heavy (non-hydrogen) atoms. The summed E-state index contributed by atoms with van der Waals surface area (Å²) in [6.07, 6.45) is -3.41. The van der Waals surface area contributed by atoms with Crippen molar-refractivity contribution in [1.29, 1.82) is 0 Å². The first kappa shape index (κ1) is 23.2. The van der Waals surface area contributed by atoms with Crippen LogP contribution in [0.25, 0.3) is 0 Å². The molecule has 1 saturated heterocycles. The van der Waals surface area contributed by atoms with E-state index in [0.29, 0.717) is 29.5 Å². The van der Waals surface area contributed by atoms with E-state index in [4.69, 9.17) is 11.6 Å². The molecular weight excluding hydrogens is 455 g/mol. The molecule has 168 valence electrons. The normalized spacial score (nSPS) is 15.1. The minimum absolute atomic E-state index is 0.271. The number of benzene rings is 2. The number of hydrogen-bond acceptors (Lipinski definition) is 4. The maximum atomic E-state index is 13.0. The Bertz CT molecular complexity index is 1040. The molecule has 0 N–H and O–H groups in total. The van der Waals surface area contributed by atoms with E-state index < -0.39 is 21.8 Å². The van der Waals surface area contributed by atoms with Crippen LogP contribution in [-0.4, -0.2) is 58.2 Å². The van der Waals surface area contributed by atoms with Crippen molar-refractivity contribution in [3.05, 3.63) is 59.1 Å². The summed E-state index contributed by atoms with van der Waals surface area (Å²) >= 11 is 5.85. The molecular formula is C20H21ClF3N3O3S. The van der Waals surface area contributed by atoms with E-state index >= 15 is 0 Å². The molecule has 0 saturated carbocycles. The minimum Gasteiger partial charge on any atom is -0.368 e. The molecule has 0 aromatic heterocycles. The van der Waals surface area contributed by atoms with Crippen LogP contribution in [0.3, 0.4) is 0 Å². The van der Waals surface area contributed by atoms with Gasteiger partial charge in [-0.15, -0.1) is 0 Å². The zero-order chi connectivity index (χ0) is 22.8. The molecule has 0 unspecified atom stereocenters. The smallest absolute Gasteiger partial charge is 0.368 e. The highest BCUT2D eigenvalue weighted by Gasteiger charge is 2.31. The number of halogens is 4. The van der Waals surface area contributed by atoms with Gasteiger partial charge in [-0.2, -0.15) is 13.2 Å². The van der Waals surface area contributed by atoms with Gasteiger partial charge in [-0.3, -0.25) is 9.10 Å². The third kappa shape index (κ3) is 5.82. The van der Waals surface area contributed by atoms with Gasteiger partial charge in [-0.1, -0.05) is 17.7 Å². The molecule has 2 aromatic rings. The largest absolute Gasteiger partial charge is 0.416 e. The van der Waals surface area contributed by atoms with Crippen LogP contribution in [0, 0.1) is 0 Å². The predicted molar refractivity (Wildman–Crippen MR) is 114 cm³/mol. The molecule has 0 bridgehead atoms. The third-order valence-electron chi connectivity index (χ3n) is 4.96. The Hall–Kier alpha value is -2.46. The third-order valence-corrected chi connectivity index (χ3v) is 6.36. The summed E-state index contributed by atoms with van der Waals surface area (Å²) < 4.78 is 64.3. The quantitative estimate of drug-likeness (QED) is 0.664. The van der Waals surface area contributed by atoms with Crippen LogP contribution in [0.15, 0.2) is 48.5 Å². The number of carbonyl (C=O) groups excluding carboxylic acids is 1. The fraction of sp³-hybridized carbons (Fsp3) is 0.350. The molecule has 1 aliphatic rings. The van der Waals surface area contributed by atoms with Crippen molar-refractivity contribution in [2.75, 3.05) is 48.2 Å². The lowest BCUT2D eigenvalue weighted by atomic mass is 10.1. The number of carbonyl (C=O) groups is 1. The fourth-order valence-corrected chi connectivity index (χ4v) is 4.30. The molecule has 0 atom stereocenters. The molecule has 1 fully saturated rings. The monoisotopic (exact) mass is 475 g/mol. The van der Waals surface area contributed by atoms with Crippen LogP contribution in [0.1, 0.15) is 5.56 Å². The minimum atomic E-state index is -4.43. The lowest BCUT2D eigenvalue weighted by molar-refractivity contribution is -0.137. The fourth-order valence-electron chi connectivity index (χ4n) is 3.32. The molecule has 1 amide bonds. The number of sulfonamides is 1. The molecule has 0 spiro atoms. The summed E-state index contributed by atoms with van der Waals surface area (Å²) in [6, 6.07) is 11.2. The van der Waals surface area contributed by atoms with Gasteiger partial charge < -0.3 is 9.80 Å². The highest BCUT2D eigenvalue weighted by Crippen LogP contribution is 2.32. The van der Waals surface area contributed by atoms with E-state index in [-0.39, 0.29) is 25.5 Å². The summed E-state index contributed by atoms with van der Waals surface area (Å²) in [5, 5.41) is 0.439. The van der Waals surface area contributed by atoms with E-state index in [1.54, 1.807) is 11.0 Å². The van der Waals surface area contributed by atoms with Crippen molar-refractivity contribution >= 4 is 38.9 Å². The highest BCUT2D eigenvalue weighted by atomic mass is 35.5. The lowest BCUT2D eigenvalue weighted by Crippen LogP contribution is -2.52. The van der Waals surface area contributed by atoms with Crippen molar-refractivity contribution in [1.82, 2.24) is 4.90 Å². The summed E-state index contributed by atoms with van der Waals surface area (Å²) in [7, 11) is -3.71. The molecule has 6 nitrogen and oxygen atoms in total. The average Bonchev–Trinajstić information content (AvgIpc) is 2.71. The first-order valence-corrected chi connectivity index (χ1v) is 11.6. The molecule has 0 radical (unpaired) electrons. The number of rotatable bonds is 5. The van der Waals surface area contributed by atoms with Gasteiger partial charge in [0.25, 0.3) is 0 Å². The topological polar surface area (TPSA) is 60.9 Å². The van der Waals surface area contributed by atoms with Crippen molar-refractivity contribution in [2.45, 2.75) is 6.18 Å². The van der Waals surface area contributed by atoms with Gasteiger partial charge >= 0.3 is 6.18 Å². The van der Waals surface area contributed by atoms with Gasteiger partial charge in [0.15, 0.2) is 0 Å². The van der Waals surface area contributed by atoms with Crippen molar-refractivity contribution in [3.63, 3.8) is 0 Å². The Labute approximate surface area is 183 Å². The van der Waals surface area contributed by atoms with Crippen LogP contribution < -0.4 is 9.21 Å². The highest BCUT2D eigenvalue weighted by molar-refractivity contribution is 7.92. The Balaban J connectivity index is 1.66. The second-order valence-corrected chi connectivity index (χ2v) is 9.51. The Morgan fingerprint density at radius 1 is 1.06 bits per heavy atom. The summed E-state index contributed by atoms with van der Waals surface area (Å²) in [6.45, 7) is 0.852. The van der Waals surface area contributed by atoms with Crippen molar-refractivity contribution < 1.29 is 26.4 Å². The maximum Gasteiger partial charge on any atom is 0.416 e. The van der Waals surface area contributed by atoms with Crippen molar-refractivity contribution in [3.8, 4) is 0 Å². The molecule has 2 aromatic carbocycles. The van der Waals surface area contributed by atoms with Gasteiger partial charge in [-0.25, -0.2) is 8.42 Å². The Morgan fingerprint density at radius 3 is 2.23 bits per heavy atom. The number of hydrogen-bond donors (Lipinski definition) is 0. The van der Waals surface area contributed by atoms with Crippen LogP contribution in [0.2, 0.25) is 5.02 Å². The molecule has 0 aliphatic carbocycles. The lowest BCUT2D eigenvalue weighted by Gasteiger charge is -2.37. The Kier molecular flexibility index (Phi) is 6.70. The van der Waals surface area contributed by atoms with E-state index in [1.807, 2.05) is 0 Å². The zero-order valence-electron chi connectivity index (χ0n) is 16.6. The molecule has 1 heterocycles. The second kappa shape index (κ2) is 8.96. The van der Waals surface area contributed by atoms with Gasteiger partial charge in [0.05, 0.1) is 17.5 Å². The van der Waals surface area contributed by atoms with E-state index in [9.17, 15) is 26.4 Å². The number of anilines is 2. The second-order valence-electron chi connectivity index (χ2n) is 7.16. The van der Waals surface area contributed by atoms with Crippen LogP contribution in [-0.2, 0) is 21.0 Å². The van der Waals surface area contributed by atoms with Gasteiger partial charge in [0, 0.05) is 36.9 Å². The first-order chi connectivity index (χ1) is 14.4. The maximum absolute atomic E-state index is 13.0. The van der Waals surface area contributed by atoms with E-state index in [0.717, 1.165) is 22.7 Å². The summed E-state index contributed by atoms with van der Waals surface area (Å²) in [4.78, 5) is 16.0. The number of piperazine rings is 1. The molecule has 1 aliphatic heterocycles. The standard InChI is InChI=1S/C20H21ClF3N3O3S/c1-31(29,30)27(17-7-5-16(21)6-8-17)14-19(28)26-11-9-25(10-12-26)18-4-2-3-15(13-18)20(22,23)24/h2-8,13H,9-12,14H2,1H3. The predicted octanol–water partition coefficient (Wildman–Crippen LogP) is 3.47. The van der Waals surface area contributed by atoms with E-state index in [2.05, 4.69) is 0 Å². The summed E-state index contributed by atoms with van der Waals surface area (Å²) in [5.41, 5.74) is 0.0268. The van der Waals surface area contributed by atoms with Gasteiger partial charge in [0.1, 0.15) is 6.54 Å². The number of nitrogens with zero attached hydrogens (tertiary/aromatic N) is 3. The molecule has 3 rings (SSSR count). The number of alkyl halides is 3. The summed E-state index contributed by atoms with van der Waals surface area (Å²) in [5.74, 6) is -0.385. The van der Waals surface area contributed by atoms with Crippen LogP contribution >= 0.6 is 11.6 Å². The Morgan fingerprint density at radius 2 is 1.68 bits per heavy atom. The average molecular weight is 476 g/mol. The van der Waals surface area contributed by atoms with Crippen LogP contribution in [0.4, 0.5) is 24.5 Å². The SMILES string of the molecule is CS(=O)(=O)N(CC(=O)N1CCN(c2cccc(C(F)(F)F)c2)CC1)c1ccc(Cl)cc1. The van der Waals surface area contributed by atoms with Crippen LogP contribution in [0.5, 0.6) is 0 Å². The van der Waals surface area contributed by atoms with Gasteiger partial charge in [0.2, 0.25) is 15.9 Å². The van der Waals surface area contributed by atoms with Crippen molar-refractivity contribution in [2.24, 2.45) is 0 Å². The van der Waals surface area contributed by atoms with E-state index in [1.165, 1.54) is 35.2 Å². The first-order valence-electron chi connectivity index (χ1n) is 9.38. The molecule has 11 heteroatoms. The number of amides is 1.